The number of benzene rings is 2. The number of rotatable bonds is 7. The summed E-state index contributed by atoms with van der Waals surface area (Å²) in [6, 6.07) is 15.6. The van der Waals surface area contributed by atoms with Crippen molar-refractivity contribution in [3.05, 3.63) is 66.4 Å². The summed E-state index contributed by atoms with van der Waals surface area (Å²) in [5, 5.41) is 7.80. The maximum Gasteiger partial charge on any atom is 0.244 e. The van der Waals surface area contributed by atoms with Crippen LogP contribution in [-0.4, -0.2) is 49.2 Å². The van der Waals surface area contributed by atoms with Crippen LogP contribution in [0.3, 0.4) is 0 Å². The van der Waals surface area contributed by atoms with Crippen molar-refractivity contribution in [1.29, 1.82) is 0 Å². The molecule has 1 N–H and O–H groups in total. The van der Waals surface area contributed by atoms with Gasteiger partial charge in [0.15, 0.2) is 11.5 Å². The molecule has 1 fully saturated rings. The zero-order chi connectivity index (χ0) is 22.3. The molecule has 0 saturated carbocycles. The quantitative estimate of drug-likeness (QED) is 0.573. The molecule has 1 atom stereocenters. The third-order valence-corrected chi connectivity index (χ3v) is 5.34. The first-order valence-electron chi connectivity index (χ1n) is 10.6. The molecule has 3 aromatic rings. The van der Waals surface area contributed by atoms with E-state index in [1.165, 1.54) is 0 Å². The van der Waals surface area contributed by atoms with E-state index in [0.29, 0.717) is 18.1 Å². The molecule has 2 heterocycles. The Morgan fingerprint density at radius 3 is 2.69 bits per heavy atom. The van der Waals surface area contributed by atoms with Crippen LogP contribution < -0.4 is 14.8 Å². The van der Waals surface area contributed by atoms with Gasteiger partial charge in [0.05, 0.1) is 32.6 Å². The minimum atomic E-state index is -0.147. The van der Waals surface area contributed by atoms with Crippen molar-refractivity contribution in [2.75, 3.05) is 27.4 Å². The number of para-hydroxylation sites is 1. The summed E-state index contributed by atoms with van der Waals surface area (Å²) in [4.78, 5) is 12.5. The molecular formula is C25H27N3O4. The number of methoxy groups -OCH3 is 2. The first kappa shape index (κ1) is 21.6. The Bertz CT molecular complexity index is 1090. The fourth-order valence-electron chi connectivity index (χ4n) is 3.70. The Labute approximate surface area is 187 Å². The van der Waals surface area contributed by atoms with Crippen LogP contribution in [-0.2, 0) is 9.53 Å². The number of nitrogens with zero attached hydrogens (tertiary/aromatic N) is 2. The molecule has 166 valence electrons. The number of hydrogen-bond acceptors (Lipinski definition) is 5. The van der Waals surface area contributed by atoms with E-state index < -0.39 is 0 Å². The van der Waals surface area contributed by atoms with Gasteiger partial charge in [-0.1, -0.05) is 18.2 Å². The molecule has 0 spiro atoms. The molecule has 1 saturated heterocycles. The zero-order valence-corrected chi connectivity index (χ0v) is 18.3. The van der Waals surface area contributed by atoms with Crippen LogP contribution in [0.1, 0.15) is 18.4 Å². The first-order chi connectivity index (χ1) is 15.7. The number of nitrogens with one attached hydrogen (secondary N) is 1. The van der Waals surface area contributed by atoms with Gasteiger partial charge in [-0.15, -0.1) is 0 Å². The van der Waals surface area contributed by atoms with E-state index in [0.717, 1.165) is 42.0 Å². The summed E-state index contributed by atoms with van der Waals surface area (Å²) in [6.07, 6.45) is 7.14. The normalized spacial score (nSPS) is 16.1. The van der Waals surface area contributed by atoms with Crippen molar-refractivity contribution in [3.63, 3.8) is 0 Å². The van der Waals surface area contributed by atoms with E-state index in [9.17, 15) is 4.79 Å². The van der Waals surface area contributed by atoms with Gasteiger partial charge in [-0.25, -0.2) is 4.68 Å². The minimum absolute atomic E-state index is 0.0539. The second kappa shape index (κ2) is 10.2. The molecule has 1 aliphatic rings. The van der Waals surface area contributed by atoms with E-state index in [4.69, 9.17) is 19.3 Å². The van der Waals surface area contributed by atoms with E-state index in [1.807, 2.05) is 54.7 Å². The average molecular weight is 434 g/mol. The van der Waals surface area contributed by atoms with Crippen LogP contribution in [0.4, 0.5) is 0 Å². The molecular weight excluding hydrogens is 406 g/mol. The largest absolute Gasteiger partial charge is 0.493 e. The Balaban J connectivity index is 1.65. The second-order valence-corrected chi connectivity index (χ2v) is 7.54. The highest BCUT2D eigenvalue weighted by Crippen LogP contribution is 2.33. The van der Waals surface area contributed by atoms with Crippen molar-refractivity contribution in [2.45, 2.75) is 18.9 Å². The highest BCUT2D eigenvalue weighted by Gasteiger charge is 2.16. The standard InChI is InChI=1S/C25H27N3O4/c1-30-22-12-10-18(15-23(22)31-2)25-19(16-28(27-25)21-8-4-3-5-9-21)11-13-24(29)26-20-7-6-14-32-17-20/h3-5,8-13,15-16,20H,6-7,14,17H2,1-2H3,(H,26,29)/b13-11+. The van der Waals surface area contributed by atoms with Gasteiger partial charge in [0.25, 0.3) is 0 Å². The van der Waals surface area contributed by atoms with Gasteiger partial charge < -0.3 is 19.5 Å². The summed E-state index contributed by atoms with van der Waals surface area (Å²) >= 11 is 0. The molecule has 1 unspecified atom stereocenters. The van der Waals surface area contributed by atoms with Crippen LogP contribution in [0.2, 0.25) is 0 Å². The predicted molar refractivity (Wildman–Crippen MR) is 123 cm³/mol. The van der Waals surface area contributed by atoms with Crippen molar-refractivity contribution in [2.24, 2.45) is 0 Å². The maximum absolute atomic E-state index is 12.5. The van der Waals surface area contributed by atoms with Crippen LogP contribution in [0.25, 0.3) is 23.0 Å². The van der Waals surface area contributed by atoms with Gasteiger partial charge in [0.1, 0.15) is 5.69 Å². The van der Waals surface area contributed by atoms with Gasteiger partial charge in [-0.05, 0) is 49.2 Å². The maximum atomic E-state index is 12.5. The van der Waals surface area contributed by atoms with Gasteiger partial charge >= 0.3 is 0 Å². The lowest BCUT2D eigenvalue weighted by Gasteiger charge is -2.22. The third kappa shape index (κ3) is 5.00. The highest BCUT2D eigenvalue weighted by molar-refractivity contribution is 5.93. The molecule has 32 heavy (non-hydrogen) atoms. The van der Waals surface area contributed by atoms with E-state index >= 15 is 0 Å². The van der Waals surface area contributed by atoms with Crippen LogP contribution in [0.15, 0.2) is 60.8 Å². The molecule has 0 radical (unpaired) electrons. The summed E-state index contributed by atoms with van der Waals surface area (Å²) in [7, 11) is 3.20. The zero-order valence-electron chi connectivity index (χ0n) is 18.3. The summed E-state index contributed by atoms with van der Waals surface area (Å²) < 4.78 is 18.1. The van der Waals surface area contributed by atoms with E-state index in [1.54, 1.807) is 31.1 Å². The van der Waals surface area contributed by atoms with E-state index in [-0.39, 0.29) is 11.9 Å². The smallest absolute Gasteiger partial charge is 0.244 e. The number of ether oxygens (including phenoxy) is 3. The third-order valence-electron chi connectivity index (χ3n) is 5.34. The van der Waals surface area contributed by atoms with Crippen molar-refractivity contribution in [1.82, 2.24) is 15.1 Å². The molecule has 0 aliphatic carbocycles. The molecule has 7 nitrogen and oxygen atoms in total. The lowest BCUT2D eigenvalue weighted by atomic mass is 10.1. The first-order valence-corrected chi connectivity index (χ1v) is 10.6. The van der Waals surface area contributed by atoms with Gasteiger partial charge in [0, 0.05) is 30.0 Å². The second-order valence-electron chi connectivity index (χ2n) is 7.54. The Kier molecular flexibility index (Phi) is 6.87. The average Bonchev–Trinajstić information content (AvgIpc) is 3.28. The Morgan fingerprint density at radius 2 is 1.97 bits per heavy atom. The Hall–Kier alpha value is -3.58. The molecule has 1 aromatic heterocycles. The highest BCUT2D eigenvalue weighted by atomic mass is 16.5. The monoisotopic (exact) mass is 433 g/mol. The topological polar surface area (TPSA) is 74.6 Å². The number of amides is 1. The fraction of sp³-hybridized carbons (Fsp3) is 0.280. The van der Waals surface area contributed by atoms with Gasteiger partial charge in [-0.2, -0.15) is 5.10 Å². The predicted octanol–water partition coefficient (Wildman–Crippen LogP) is 3.86. The fourth-order valence-corrected chi connectivity index (χ4v) is 3.70. The van der Waals surface area contributed by atoms with Crippen LogP contribution in [0.5, 0.6) is 11.5 Å². The lowest BCUT2D eigenvalue weighted by molar-refractivity contribution is -0.118. The number of carbonyl (C=O) groups excluding carboxylic acids is 1. The minimum Gasteiger partial charge on any atom is -0.493 e. The molecule has 1 amide bonds. The van der Waals surface area contributed by atoms with Crippen LogP contribution >= 0.6 is 0 Å². The van der Waals surface area contributed by atoms with Crippen molar-refractivity contribution >= 4 is 12.0 Å². The summed E-state index contributed by atoms with van der Waals surface area (Å²) in [5.74, 6) is 1.11. The molecule has 1 aliphatic heterocycles. The molecule has 4 rings (SSSR count). The van der Waals surface area contributed by atoms with Gasteiger partial charge in [0.2, 0.25) is 5.91 Å². The van der Waals surface area contributed by atoms with Crippen LogP contribution in [0, 0.1) is 0 Å². The number of carbonyl (C=O) groups is 1. The molecule has 2 aromatic carbocycles. The van der Waals surface area contributed by atoms with Crippen molar-refractivity contribution in [3.8, 4) is 28.4 Å². The van der Waals surface area contributed by atoms with Crippen molar-refractivity contribution < 1.29 is 19.0 Å². The van der Waals surface area contributed by atoms with Gasteiger partial charge in [-0.3, -0.25) is 4.79 Å². The SMILES string of the molecule is COc1ccc(-c2nn(-c3ccccc3)cc2/C=C/C(=O)NC2CCCOC2)cc1OC. The Morgan fingerprint density at radius 1 is 1.16 bits per heavy atom. The molecule has 7 heteroatoms. The molecule has 0 bridgehead atoms. The lowest BCUT2D eigenvalue weighted by Crippen LogP contribution is -2.39. The summed E-state index contributed by atoms with van der Waals surface area (Å²) in [5.41, 5.74) is 3.34. The van der Waals surface area contributed by atoms with E-state index in [2.05, 4.69) is 5.32 Å². The number of hydrogen-bond donors (Lipinski definition) is 1. The number of aromatic nitrogens is 2. The summed E-state index contributed by atoms with van der Waals surface area (Å²) in [6.45, 7) is 1.32.